The normalized spacial score (nSPS) is 14.7. The maximum Gasteiger partial charge on any atom is 0.432 e. The van der Waals surface area contributed by atoms with Crippen LogP contribution in [0.15, 0.2) is 36.4 Å². The maximum absolute atomic E-state index is 13.2. The first-order chi connectivity index (χ1) is 9.73. The SMILES string of the molecule is COC(=O)C(O)(c1ccc(O)c2ccccc12)C(F)(F)F. The van der Waals surface area contributed by atoms with Crippen LogP contribution in [0, 0.1) is 0 Å². The van der Waals surface area contributed by atoms with Gasteiger partial charge in [-0.15, -0.1) is 0 Å². The van der Waals surface area contributed by atoms with E-state index in [1.165, 1.54) is 24.3 Å². The van der Waals surface area contributed by atoms with Crippen molar-refractivity contribution in [3.63, 3.8) is 0 Å². The number of aromatic hydroxyl groups is 1. The minimum absolute atomic E-state index is 0.0848. The first-order valence-electron chi connectivity index (χ1n) is 5.82. The van der Waals surface area contributed by atoms with E-state index in [-0.39, 0.29) is 16.5 Å². The number of hydrogen-bond donors (Lipinski definition) is 2. The Morgan fingerprint density at radius 1 is 1.10 bits per heavy atom. The van der Waals surface area contributed by atoms with Gasteiger partial charge >= 0.3 is 12.1 Å². The van der Waals surface area contributed by atoms with E-state index >= 15 is 0 Å². The molecular formula is C14H11F3O4. The summed E-state index contributed by atoms with van der Waals surface area (Å²) in [6.07, 6.45) is -5.28. The summed E-state index contributed by atoms with van der Waals surface area (Å²) in [4.78, 5) is 11.6. The van der Waals surface area contributed by atoms with Crippen LogP contribution in [-0.4, -0.2) is 29.5 Å². The lowest BCUT2D eigenvalue weighted by Gasteiger charge is -2.29. The number of hydrogen-bond acceptors (Lipinski definition) is 4. The lowest BCUT2D eigenvalue weighted by molar-refractivity contribution is -0.266. The fourth-order valence-corrected chi connectivity index (χ4v) is 2.12. The topological polar surface area (TPSA) is 66.8 Å². The van der Waals surface area contributed by atoms with Gasteiger partial charge < -0.3 is 14.9 Å². The molecule has 0 aliphatic heterocycles. The zero-order valence-electron chi connectivity index (χ0n) is 10.8. The van der Waals surface area contributed by atoms with E-state index < -0.39 is 23.3 Å². The van der Waals surface area contributed by atoms with Crippen molar-refractivity contribution in [3.8, 4) is 5.75 Å². The third-order valence-electron chi connectivity index (χ3n) is 3.18. The van der Waals surface area contributed by atoms with Gasteiger partial charge in [0, 0.05) is 10.9 Å². The molecule has 2 rings (SSSR count). The average molecular weight is 300 g/mol. The number of fused-ring (bicyclic) bond motifs is 1. The zero-order valence-corrected chi connectivity index (χ0v) is 10.8. The molecule has 0 aliphatic carbocycles. The van der Waals surface area contributed by atoms with E-state index in [1.807, 2.05) is 0 Å². The summed E-state index contributed by atoms with van der Waals surface area (Å²) in [6, 6.07) is 7.42. The van der Waals surface area contributed by atoms with Gasteiger partial charge in [-0.25, -0.2) is 4.79 Å². The Labute approximate surface area is 117 Å². The minimum atomic E-state index is -5.28. The van der Waals surface area contributed by atoms with Gasteiger partial charge in [-0.3, -0.25) is 0 Å². The predicted octanol–water partition coefficient (Wildman–Crippen LogP) is 2.47. The number of carbonyl (C=O) groups is 1. The Kier molecular flexibility index (Phi) is 3.54. The molecule has 21 heavy (non-hydrogen) atoms. The van der Waals surface area contributed by atoms with Crippen molar-refractivity contribution in [2.75, 3.05) is 7.11 Å². The van der Waals surface area contributed by atoms with Gasteiger partial charge in [-0.05, 0) is 11.5 Å². The van der Waals surface area contributed by atoms with Crippen LogP contribution in [0.5, 0.6) is 5.75 Å². The Balaban J connectivity index is 2.85. The summed E-state index contributed by atoms with van der Waals surface area (Å²) in [6.45, 7) is 0. The highest BCUT2D eigenvalue weighted by Gasteiger charge is 2.62. The van der Waals surface area contributed by atoms with Crippen LogP contribution in [0.1, 0.15) is 5.56 Å². The fourth-order valence-electron chi connectivity index (χ4n) is 2.12. The summed E-state index contributed by atoms with van der Waals surface area (Å²) in [5.74, 6) is -2.10. The van der Waals surface area contributed by atoms with Gasteiger partial charge in [0.05, 0.1) is 7.11 Å². The molecule has 1 unspecified atom stereocenters. The van der Waals surface area contributed by atoms with Crippen molar-refractivity contribution in [1.29, 1.82) is 0 Å². The molecule has 0 aromatic heterocycles. The van der Waals surface area contributed by atoms with E-state index in [0.717, 1.165) is 19.2 Å². The summed E-state index contributed by atoms with van der Waals surface area (Å²) in [5, 5.41) is 19.7. The van der Waals surface area contributed by atoms with E-state index in [2.05, 4.69) is 4.74 Å². The Morgan fingerprint density at radius 2 is 1.67 bits per heavy atom. The van der Waals surface area contributed by atoms with Crippen LogP contribution in [0.3, 0.4) is 0 Å². The van der Waals surface area contributed by atoms with Gasteiger partial charge in [0.2, 0.25) is 0 Å². The number of esters is 1. The van der Waals surface area contributed by atoms with Gasteiger partial charge in [0.1, 0.15) is 5.75 Å². The lowest BCUT2D eigenvalue weighted by atomic mass is 9.88. The number of phenolic OH excluding ortho intramolecular Hbond substituents is 1. The van der Waals surface area contributed by atoms with Gasteiger partial charge in [0.15, 0.2) is 0 Å². The highest BCUT2D eigenvalue weighted by Crippen LogP contribution is 2.43. The molecule has 0 radical (unpaired) electrons. The van der Waals surface area contributed by atoms with Gasteiger partial charge in [-0.1, -0.05) is 30.3 Å². The number of ether oxygens (including phenoxy) is 1. The molecule has 0 heterocycles. The predicted molar refractivity (Wildman–Crippen MR) is 67.6 cm³/mol. The first-order valence-corrected chi connectivity index (χ1v) is 5.82. The number of benzene rings is 2. The van der Waals surface area contributed by atoms with Gasteiger partial charge in [-0.2, -0.15) is 13.2 Å². The summed E-state index contributed by atoms with van der Waals surface area (Å²) >= 11 is 0. The lowest BCUT2D eigenvalue weighted by Crippen LogP contribution is -2.50. The third-order valence-corrected chi connectivity index (χ3v) is 3.18. The van der Waals surface area contributed by atoms with Crippen LogP contribution in [0.2, 0.25) is 0 Å². The van der Waals surface area contributed by atoms with Crippen molar-refractivity contribution in [3.05, 3.63) is 42.0 Å². The Morgan fingerprint density at radius 3 is 2.19 bits per heavy atom. The number of methoxy groups -OCH3 is 1. The number of alkyl halides is 3. The van der Waals surface area contributed by atoms with Crippen molar-refractivity contribution in [2.24, 2.45) is 0 Å². The molecule has 0 saturated heterocycles. The Bertz CT molecular complexity index is 696. The molecule has 112 valence electrons. The second kappa shape index (κ2) is 4.92. The molecule has 0 saturated carbocycles. The van der Waals surface area contributed by atoms with Crippen molar-refractivity contribution < 1.29 is 32.9 Å². The maximum atomic E-state index is 13.2. The zero-order chi connectivity index (χ0) is 15.8. The van der Waals surface area contributed by atoms with Crippen LogP contribution < -0.4 is 0 Å². The second-order valence-corrected chi connectivity index (χ2v) is 4.38. The molecule has 1 atom stereocenters. The van der Waals surface area contributed by atoms with Crippen molar-refractivity contribution >= 4 is 16.7 Å². The molecule has 7 heteroatoms. The standard InChI is InChI=1S/C14H11F3O4/c1-21-12(19)13(20,14(15,16)17)10-6-7-11(18)9-5-3-2-4-8(9)10/h2-7,18,20H,1H3. The van der Waals surface area contributed by atoms with Crippen LogP contribution in [-0.2, 0) is 15.1 Å². The van der Waals surface area contributed by atoms with Crippen LogP contribution in [0.4, 0.5) is 13.2 Å². The molecule has 0 amide bonds. The molecule has 0 aliphatic rings. The molecular weight excluding hydrogens is 289 g/mol. The van der Waals surface area contributed by atoms with Crippen molar-refractivity contribution in [1.82, 2.24) is 0 Å². The second-order valence-electron chi connectivity index (χ2n) is 4.38. The fraction of sp³-hybridized carbons (Fsp3) is 0.214. The molecule has 0 bridgehead atoms. The molecule has 2 N–H and O–H groups in total. The number of carbonyl (C=O) groups excluding carboxylic acids is 1. The highest BCUT2D eigenvalue weighted by atomic mass is 19.4. The molecule has 2 aromatic carbocycles. The van der Waals surface area contributed by atoms with E-state index in [9.17, 15) is 28.2 Å². The van der Waals surface area contributed by atoms with E-state index in [4.69, 9.17) is 0 Å². The average Bonchev–Trinajstić information content (AvgIpc) is 2.45. The molecule has 0 fully saturated rings. The summed E-state index contributed by atoms with van der Waals surface area (Å²) < 4.78 is 43.8. The minimum Gasteiger partial charge on any atom is -0.507 e. The summed E-state index contributed by atoms with van der Waals surface area (Å²) in [5.41, 5.74) is -4.51. The third kappa shape index (κ3) is 2.19. The number of phenols is 1. The largest absolute Gasteiger partial charge is 0.507 e. The first kappa shape index (κ1) is 15.1. The van der Waals surface area contributed by atoms with Crippen LogP contribution >= 0.6 is 0 Å². The molecule has 4 nitrogen and oxygen atoms in total. The number of rotatable bonds is 2. The Hall–Kier alpha value is -2.28. The monoisotopic (exact) mass is 300 g/mol. The van der Waals surface area contributed by atoms with Gasteiger partial charge in [0.25, 0.3) is 5.60 Å². The highest BCUT2D eigenvalue weighted by molar-refractivity contribution is 5.96. The smallest absolute Gasteiger partial charge is 0.432 e. The molecule has 0 spiro atoms. The summed E-state index contributed by atoms with van der Waals surface area (Å²) in [7, 11) is 0.752. The van der Waals surface area contributed by atoms with E-state index in [0.29, 0.717) is 0 Å². The van der Waals surface area contributed by atoms with Crippen LogP contribution in [0.25, 0.3) is 10.8 Å². The number of halogens is 3. The number of aliphatic hydroxyl groups is 1. The van der Waals surface area contributed by atoms with E-state index in [1.54, 1.807) is 0 Å². The van der Waals surface area contributed by atoms with Crippen molar-refractivity contribution in [2.45, 2.75) is 11.8 Å². The molecule has 2 aromatic rings. The quantitative estimate of drug-likeness (QED) is 0.836.